The molecule has 7 nitrogen and oxygen atoms in total. The van der Waals surface area contributed by atoms with Gasteiger partial charge in [0, 0.05) is 12.0 Å². The first-order chi connectivity index (χ1) is 15.3. The molecule has 0 aliphatic rings. The number of thiazole rings is 1. The van der Waals surface area contributed by atoms with Gasteiger partial charge in [0.15, 0.2) is 15.0 Å². The molecule has 0 amide bonds. The number of ether oxygens (including phenoxy) is 1. The van der Waals surface area contributed by atoms with Crippen molar-refractivity contribution in [2.45, 2.75) is 17.2 Å². The number of nitrogens with zero attached hydrogens (tertiary/aromatic N) is 1. The lowest BCUT2D eigenvalue weighted by Crippen LogP contribution is -2.18. The van der Waals surface area contributed by atoms with Crippen LogP contribution in [0, 0.1) is 0 Å². The topological polar surface area (TPSA) is 120 Å². The molecule has 0 fully saturated rings. The fourth-order valence-corrected chi connectivity index (χ4v) is 5.71. The number of benzene rings is 3. The molecule has 0 saturated heterocycles. The van der Waals surface area contributed by atoms with E-state index in [-0.39, 0.29) is 17.1 Å². The molecule has 1 heterocycles. The van der Waals surface area contributed by atoms with Gasteiger partial charge in [0.25, 0.3) is 0 Å². The average molecular weight is 469 g/mol. The minimum atomic E-state index is -3.71. The van der Waals surface area contributed by atoms with Crippen LogP contribution in [0.25, 0.3) is 10.2 Å². The molecule has 1 atom stereocenters. The zero-order valence-corrected chi connectivity index (χ0v) is 18.5. The Labute approximate surface area is 189 Å². The fourth-order valence-electron chi connectivity index (χ4n) is 3.41. The highest BCUT2D eigenvalue weighted by molar-refractivity contribution is 7.91. The molecule has 0 spiro atoms. The number of hydrogen-bond donors (Lipinski definition) is 2. The Bertz CT molecular complexity index is 1350. The van der Waals surface area contributed by atoms with Crippen molar-refractivity contribution in [3.05, 3.63) is 78.4 Å². The summed E-state index contributed by atoms with van der Waals surface area (Å²) in [6, 6.07) is 20.3. The van der Waals surface area contributed by atoms with E-state index in [2.05, 4.69) is 4.98 Å². The number of hydrogen-bond acceptors (Lipinski definition) is 7. The van der Waals surface area contributed by atoms with Crippen LogP contribution in [0.5, 0.6) is 11.5 Å². The van der Waals surface area contributed by atoms with Gasteiger partial charge in [0.2, 0.25) is 0 Å². The molecule has 1 unspecified atom stereocenters. The van der Waals surface area contributed by atoms with E-state index in [4.69, 9.17) is 10.5 Å². The fraction of sp³-hybridized carbons (Fsp3) is 0.130. The zero-order valence-electron chi connectivity index (χ0n) is 16.8. The second-order valence-electron chi connectivity index (χ2n) is 7.24. The van der Waals surface area contributed by atoms with Gasteiger partial charge in [-0.3, -0.25) is 4.79 Å². The summed E-state index contributed by atoms with van der Waals surface area (Å²) in [6.45, 7) is 0. The van der Waals surface area contributed by atoms with Crippen LogP contribution in [0.2, 0.25) is 0 Å². The predicted octanol–water partition coefficient (Wildman–Crippen LogP) is 4.70. The zero-order chi connectivity index (χ0) is 22.7. The van der Waals surface area contributed by atoms with Crippen LogP contribution in [0.1, 0.15) is 17.9 Å². The number of carbonyl (C=O) groups is 1. The summed E-state index contributed by atoms with van der Waals surface area (Å²) in [7, 11) is -3.71. The van der Waals surface area contributed by atoms with Crippen molar-refractivity contribution in [1.82, 2.24) is 4.98 Å². The number of aromatic nitrogens is 1. The smallest absolute Gasteiger partial charge is 0.303 e. The van der Waals surface area contributed by atoms with Gasteiger partial charge in [0.1, 0.15) is 11.5 Å². The molecular weight excluding hydrogens is 448 g/mol. The maximum atomic E-state index is 13.0. The Morgan fingerprint density at radius 1 is 1.03 bits per heavy atom. The lowest BCUT2D eigenvalue weighted by molar-refractivity contribution is -0.137. The quantitative estimate of drug-likeness (QED) is 0.384. The van der Waals surface area contributed by atoms with E-state index < -0.39 is 21.7 Å². The normalized spacial score (nSPS) is 12.5. The van der Waals surface area contributed by atoms with Crippen LogP contribution in [0.15, 0.2) is 77.7 Å². The van der Waals surface area contributed by atoms with E-state index in [9.17, 15) is 18.3 Å². The highest BCUT2D eigenvalue weighted by Gasteiger charge is 2.25. The number of nitrogen functional groups attached to an aromatic ring is 1. The van der Waals surface area contributed by atoms with Crippen LogP contribution in [-0.4, -0.2) is 30.2 Å². The van der Waals surface area contributed by atoms with Gasteiger partial charge in [0.05, 0.1) is 27.3 Å². The van der Waals surface area contributed by atoms with Crippen LogP contribution in [0.4, 0.5) is 5.13 Å². The Balaban J connectivity index is 1.51. The van der Waals surface area contributed by atoms with Crippen LogP contribution in [-0.2, 0) is 14.6 Å². The van der Waals surface area contributed by atoms with Crippen LogP contribution < -0.4 is 10.5 Å². The molecule has 0 bridgehead atoms. The van der Waals surface area contributed by atoms with Crippen LogP contribution in [0.3, 0.4) is 0 Å². The van der Waals surface area contributed by atoms with Crippen molar-refractivity contribution < 1.29 is 23.1 Å². The molecule has 4 aromatic rings. The van der Waals surface area contributed by atoms with Crippen molar-refractivity contribution in [2.75, 3.05) is 11.5 Å². The number of carboxylic acids is 1. The van der Waals surface area contributed by atoms with Gasteiger partial charge in [-0.2, -0.15) is 0 Å². The Hall–Kier alpha value is -3.43. The summed E-state index contributed by atoms with van der Waals surface area (Å²) in [6.07, 6.45) is -0.270. The summed E-state index contributed by atoms with van der Waals surface area (Å²) in [5.74, 6) is -0.963. The minimum Gasteiger partial charge on any atom is -0.481 e. The molecule has 4 rings (SSSR count). The molecule has 3 aromatic carbocycles. The van der Waals surface area contributed by atoms with Gasteiger partial charge in [-0.25, -0.2) is 13.4 Å². The summed E-state index contributed by atoms with van der Waals surface area (Å²) >= 11 is 1.39. The molecule has 32 heavy (non-hydrogen) atoms. The Morgan fingerprint density at radius 3 is 2.41 bits per heavy atom. The number of rotatable bonds is 8. The lowest BCUT2D eigenvalue weighted by Gasteiger charge is -2.16. The molecule has 3 N–H and O–H groups in total. The molecule has 0 aliphatic heterocycles. The molecule has 1 aromatic heterocycles. The van der Waals surface area contributed by atoms with E-state index in [1.165, 1.54) is 23.5 Å². The monoisotopic (exact) mass is 468 g/mol. The molecule has 9 heteroatoms. The molecule has 0 radical (unpaired) electrons. The summed E-state index contributed by atoms with van der Waals surface area (Å²) in [5.41, 5.74) is 7.13. The average Bonchev–Trinajstić information content (AvgIpc) is 3.13. The molecule has 164 valence electrons. The number of fused-ring (bicyclic) bond motifs is 1. The number of anilines is 1. The Morgan fingerprint density at radius 2 is 1.72 bits per heavy atom. The van der Waals surface area contributed by atoms with Crippen molar-refractivity contribution in [3.8, 4) is 11.5 Å². The number of carboxylic acid groups (broad SMARTS) is 1. The van der Waals surface area contributed by atoms with Crippen LogP contribution >= 0.6 is 11.3 Å². The van der Waals surface area contributed by atoms with Crippen molar-refractivity contribution in [3.63, 3.8) is 0 Å². The van der Waals surface area contributed by atoms with Crippen molar-refractivity contribution in [1.29, 1.82) is 0 Å². The third-order valence-electron chi connectivity index (χ3n) is 4.91. The van der Waals surface area contributed by atoms with Crippen molar-refractivity contribution >= 4 is 42.5 Å². The summed E-state index contributed by atoms with van der Waals surface area (Å²) in [5, 5.41) is 9.71. The SMILES string of the molecule is Nc1nc2cc(Oc3ccc(S(=O)(=O)CC(CC(=O)O)c4ccccc4)cc3)ccc2s1. The van der Waals surface area contributed by atoms with Crippen molar-refractivity contribution in [2.24, 2.45) is 0 Å². The van der Waals surface area contributed by atoms with Gasteiger partial charge >= 0.3 is 5.97 Å². The Kier molecular flexibility index (Phi) is 6.11. The van der Waals surface area contributed by atoms with E-state index in [1.807, 2.05) is 6.07 Å². The summed E-state index contributed by atoms with van der Waals surface area (Å²) < 4.78 is 32.7. The first kappa shape index (κ1) is 21.8. The second kappa shape index (κ2) is 8.97. The van der Waals surface area contributed by atoms with E-state index in [0.29, 0.717) is 22.2 Å². The minimum absolute atomic E-state index is 0.110. The first-order valence-electron chi connectivity index (χ1n) is 9.74. The number of nitrogens with two attached hydrogens (primary N) is 1. The standard InChI is InChI=1S/C23H20N2O5S2/c24-23-25-20-13-18(8-11-21(20)31-23)30-17-6-9-19(10-7-17)32(28,29)14-16(12-22(26)27)15-4-2-1-3-5-15/h1-11,13,16H,12,14H2,(H2,24,25)(H,26,27). The van der Waals surface area contributed by atoms with Gasteiger partial charge in [-0.1, -0.05) is 41.7 Å². The highest BCUT2D eigenvalue weighted by Crippen LogP contribution is 2.31. The molecule has 0 aliphatic carbocycles. The third-order valence-corrected chi connectivity index (χ3v) is 7.60. The number of sulfone groups is 1. The predicted molar refractivity (Wildman–Crippen MR) is 124 cm³/mol. The molecule has 0 saturated carbocycles. The first-order valence-corrected chi connectivity index (χ1v) is 12.2. The van der Waals surface area contributed by atoms with E-state index in [0.717, 1.165) is 10.2 Å². The third kappa shape index (κ3) is 5.06. The van der Waals surface area contributed by atoms with Gasteiger partial charge < -0.3 is 15.6 Å². The van der Waals surface area contributed by atoms with E-state index in [1.54, 1.807) is 54.6 Å². The largest absolute Gasteiger partial charge is 0.481 e. The van der Waals surface area contributed by atoms with E-state index >= 15 is 0 Å². The summed E-state index contributed by atoms with van der Waals surface area (Å²) in [4.78, 5) is 15.6. The lowest BCUT2D eigenvalue weighted by atomic mass is 9.98. The highest BCUT2D eigenvalue weighted by atomic mass is 32.2. The van der Waals surface area contributed by atoms with Gasteiger partial charge in [-0.15, -0.1) is 0 Å². The maximum Gasteiger partial charge on any atom is 0.303 e. The second-order valence-corrected chi connectivity index (χ2v) is 10.3. The van der Waals surface area contributed by atoms with Gasteiger partial charge in [-0.05, 0) is 42.0 Å². The maximum absolute atomic E-state index is 13.0. The molecular formula is C23H20N2O5S2. The number of aliphatic carboxylic acids is 1.